The Morgan fingerprint density at radius 1 is 1.12 bits per heavy atom. The highest BCUT2D eigenvalue weighted by atomic mass is 16.4. The molecule has 7 heteroatoms. The Morgan fingerprint density at radius 2 is 1.96 bits per heavy atom. The SMILES string of the molecule is O=C(O)c1cccc(Cn2nc(-c3ccc(CO)nc3)ccc2=O)c1. The van der Waals surface area contributed by atoms with E-state index < -0.39 is 5.97 Å². The first-order chi connectivity index (χ1) is 12.1. The highest BCUT2D eigenvalue weighted by Crippen LogP contribution is 2.15. The van der Waals surface area contributed by atoms with Gasteiger partial charge in [0, 0.05) is 17.8 Å². The molecule has 0 bridgehead atoms. The van der Waals surface area contributed by atoms with E-state index in [2.05, 4.69) is 10.1 Å². The summed E-state index contributed by atoms with van der Waals surface area (Å²) in [6.07, 6.45) is 1.58. The minimum atomic E-state index is -1.02. The molecule has 3 rings (SSSR count). The van der Waals surface area contributed by atoms with Gasteiger partial charge in [0.15, 0.2) is 0 Å². The number of aromatic carboxylic acids is 1. The van der Waals surface area contributed by atoms with E-state index in [9.17, 15) is 9.59 Å². The van der Waals surface area contributed by atoms with Gasteiger partial charge in [-0.1, -0.05) is 12.1 Å². The zero-order valence-electron chi connectivity index (χ0n) is 13.2. The number of aliphatic hydroxyl groups excluding tert-OH is 1. The lowest BCUT2D eigenvalue weighted by Gasteiger charge is -2.08. The normalized spacial score (nSPS) is 10.6. The van der Waals surface area contributed by atoms with E-state index in [0.29, 0.717) is 22.5 Å². The highest BCUT2D eigenvalue weighted by molar-refractivity contribution is 5.87. The second-order valence-corrected chi connectivity index (χ2v) is 5.42. The quantitative estimate of drug-likeness (QED) is 0.732. The first-order valence-electron chi connectivity index (χ1n) is 7.53. The zero-order chi connectivity index (χ0) is 17.8. The van der Waals surface area contributed by atoms with Crippen LogP contribution in [-0.4, -0.2) is 30.9 Å². The average Bonchev–Trinajstić information content (AvgIpc) is 2.64. The summed E-state index contributed by atoms with van der Waals surface area (Å²) in [4.78, 5) is 27.2. The Bertz CT molecular complexity index is 965. The average molecular weight is 337 g/mol. The van der Waals surface area contributed by atoms with E-state index in [1.165, 1.54) is 22.9 Å². The second-order valence-electron chi connectivity index (χ2n) is 5.42. The van der Waals surface area contributed by atoms with Gasteiger partial charge in [-0.3, -0.25) is 9.78 Å². The number of carbonyl (C=O) groups is 1. The van der Waals surface area contributed by atoms with Crippen LogP contribution in [0.2, 0.25) is 0 Å². The fourth-order valence-electron chi connectivity index (χ4n) is 2.36. The van der Waals surface area contributed by atoms with E-state index in [1.807, 2.05) is 0 Å². The van der Waals surface area contributed by atoms with Crippen molar-refractivity contribution in [2.24, 2.45) is 0 Å². The maximum atomic E-state index is 12.1. The minimum absolute atomic E-state index is 0.146. The number of hydrogen-bond donors (Lipinski definition) is 2. The summed E-state index contributed by atoms with van der Waals surface area (Å²) >= 11 is 0. The first-order valence-corrected chi connectivity index (χ1v) is 7.53. The fourth-order valence-corrected chi connectivity index (χ4v) is 2.36. The number of benzene rings is 1. The van der Waals surface area contributed by atoms with Crippen molar-refractivity contribution in [2.45, 2.75) is 13.2 Å². The van der Waals surface area contributed by atoms with E-state index >= 15 is 0 Å². The van der Waals surface area contributed by atoms with E-state index in [1.54, 1.807) is 36.5 Å². The van der Waals surface area contributed by atoms with E-state index in [-0.39, 0.29) is 24.3 Å². The summed E-state index contributed by atoms with van der Waals surface area (Å²) in [5.74, 6) is -1.02. The molecule has 0 aliphatic rings. The Balaban J connectivity index is 1.92. The van der Waals surface area contributed by atoms with Crippen LogP contribution in [0.4, 0.5) is 0 Å². The number of hydrogen-bond acceptors (Lipinski definition) is 5. The Hall–Kier alpha value is -3.32. The molecule has 0 amide bonds. The van der Waals surface area contributed by atoms with Crippen molar-refractivity contribution < 1.29 is 15.0 Å². The number of carboxylic acid groups (broad SMARTS) is 1. The molecule has 0 saturated carbocycles. The minimum Gasteiger partial charge on any atom is -0.478 e. The molecule has 2 aromatic heterocycles. The smallest absolute Gasteiger partial charge is 0.335 e. The van der Waals surface area contributed by atoms with Crippen molar-refractivity contribution in [3.05, 3.63) is 81.9 Å². The molecule has 0 spiro atoms. The summed E-state index contributed by atoms with van der Waals surface area (Å²) in [5, 5.41) is 22.4. The van der Waals surface area contributed by atoms with Crippen molar-refractivity contribution in [1.29, 1.82) is 0 Å². The van der Waals surface area contributed by atoms with Gasteiger partial charge in [0.05, 0.1) is 30.1 Å². The van der Waals surface area contributed by atoms with Crippen LogP contribution in [-0.2, 0) is 13.2 Å². The van der Waals surface area contributed by atoms with Crippen molar-refractivity contribution in [2.75, 3.05) is 0 Å². The lowest BCUT2D eigenvalue weighted by atomic mass is 10.1. The van der Waals surface area contributed by atoms with Crippen molar-refractivity contribution in [1.82, 2.24) is 14.8 Å². The summed E-state index contributed by atoms with van der Waals surface area (Å²) in [5.41, 5.74) is 2.36. The van der Waals surface area contributed by atoms with Crippen molar-refractivity contribution in [3.63, 3.8) is 0 Å². The maximum absolute atomic E-state index is 12.1. The molecule has 2 heterocycles. The second kappa shape index (κ2) is 7.06. The topological polar surface area (TPSA) is 105 Å². The number of nitrogens with zero attached hydrogens (tertiary/aromatic N) is 3. The number of pyridine rings is 1. The molecular weight excluding hydrogens is 322 g/mol. The third kappa shape index (κ3) is 3.78. The van der Waals surface area contributed by atoms with Crippen LogP contribution in [0.5, 0.6) is 0 Å². The zero-order valence-corrected chi connectivity index (χ0v) is 13.2. The fraction of sp³-hybridized carbons (Fsp3) is 0.111. The number of rotatable bonds is 5. The van der Waals surface area contributed by atoms with Crippen molar-refractivity contribution >= 4 is 5.97 Å². The lowest BCUT2D eigenvalue weighted by Crippen LogP contribution is -2.23. The van der Waals surface area contributed by atoms with Gasteiger partial charge < -0.3 is 10.2 Å². The first kappa shape index (κ1) is 16.5. The van der Waals surface area contributed by atoms with Gasteiger partial charge >= 0.3 is 5.97 Å². The van der Waals surface area contributed by atoms with Gasteiger partial charge in [-0.15, -0.1) is 0 Å². The molecule has 7 nitrogen and oxygen atoms in total. The van der Waals surface area contributed by atoms with Gasteiger partial charge in [0.2, 0.25) is 0 Å². The molecular formula is C18H15N3O4. The van der Waals surface area contributed by atoms with Gasteiger partial charge in [0.25, 0.3) is 5.56 Å². The van der Waals surface area contributed by atoms with Crippen LogP contribution in [0.3, 0.4) is 0 Å². The van der Waals surface area contributed by atoms with Crippen LogP contribution in [0.1, 0.15) is 21.6 Å². The van der Waals surface area contributed by atoms with Crippen LogP contribution >= 0.6 is 0 Å². The molecule has 0 radical (unpaired) electrons. The summed E-state index contributed by atoms with van der Waals surface area (Å²) < 4.78 is 1.27. The molecule has 0 fully saturated rings. The lowest BCUT2D eigenvalue weighted by molar-refractivity contribution is 0.0696. The maximum Gasteiger partial charge on any atom is 0.335 e. The Labute approximate surface area is 142 Å². The van der Waals surface area contributed by atoms with E-state index in [0.717, 1.165) is 0 Å². The summed E-state index contributed by atoms with van der Waals surface area (Å²) in [7, 11) is 0. The summed E-state index contributed by atoms with van der Waals surface area (Å²) in [6.45, 7) is 0.0169. The summed E-state index contributed by atoms with van der Waals surface area (Å²) in [6, 6.07) is 12.8. The van der Waals surface area contributed by atoms with Crippen LogP contribution in [0.25, 0.3) is 11.3 Å². The molecule has 2 N–H and O–H groups in total. The van der Waals surface area contributed by atoms with Gasteiger partial charge in [-0.2, -0.15) is 5.10 Å². The van der Waals surface area contributed by atoms with Gasteiger partial charge in [-0.25, -0.2) is 9.48 Å². The van der Waals surface area contributed by atoms with Gasteiger partial charge in [-0.05, 0) is 35.9 Å². The van der Waals surface area contributed by atoms with Crippen LogP contribution in [0.15, 0.2) is 59.5 Å². The number of carboxylic acids is 1. The molecule has 126 valence electrons. The monoisotopic (exact) mass is 337 g/mol. The number of aromatic nitrogens is 3. The predicted octanol–water partition coefficient (Wildman–Crippen LogP) is 1.54. The predicted molar refractivity (Wildman–Crippen MR) is 90.2 cm³/mol. The van der Waals surface area contributed by atoms with Crippen LogP contribution in [0, 0.1) is 0 Å². The Morgan fingerprint density at radius 3 is 2.64 bits per heavy atom. The molecule has 3 aromatic rings. The largest absolute Gasteiger partial charge is 0.478 e. The molecule has 0 atom stereocenters. The van der Waals surface area contributed by atoms with Crippen LogP contribution < -0.4 is 5.56 Å². The molecule has 25 heavy (non-hydrogen) atoms. The molecule has 0 aliphatic carbocycles. The van der Waals surface area contributed by atoms with Crippen molar-refractivity contribution in [3.8, 4) is 11.3 Å². The molecule has 1 aromatic carbocycles. The number of aliphatic hydroxyl groups is 1. The molecule has 0 unspecified atom stereocenters. The third-order valence-corrected chi connectivity index (χ3v) is 3.66. The molecule has 0 saturated heterocycles. The standard InChI is InChI=1S/C18H15N3O4/c22-11-15-5-4-14(9-19-15)16-6-7-17(23)21(20-16)10-12-2-1-3-13(8-12)18(24)25/h1-9,22H,10-11H2,(H,24,25). The van der Waals surface area contributed by atoms with Gasteiger partial charge in [0.1, 0.15) is 0 Å². The molecule has 0 aliphatic heterocycles. The van der Waals surface area contributed by atoms with E-state index in [4.69, 9.17) is 10.2 Å². The Kier molecular flexibility index (Phi) is 4.67. The third-order valence-electron chi connectivity index (χ3n) is 3.66. The highest BCUT2D eigenvalue weighted by Gasteiger charge is 2.07.